The third-order valence-corrected chi connectivity index (χ3v) is 3.75. The standard InChI is InChI=1S/C12H14FN3O2S/c13-8-1-3-10(4-2-8)19-7-11(17)15-9-5-16(6-9)12(14)18/h1-4,9H,5-7H2,(H2,14,18)(H,15,17). The molecule has 1 aromatic carbocycles. The number of nitrogens with zero attached hydrogens (tertiary/aromatic N) is 1. The van der Waals surface area contributed by atoms with Crippen molar-refractivity contribution >= 4 is 23.7 Å². The summed E-state index contributed by atoms with van der Waals surface area (Å²) in [7, 11) is 0. The van der Waals surface area contributed by atoms with Crippen LogP contribution in [0.5, 0.6) is 0 Å². The normalized spacial score (nSPS) is 14.9. The van der Waals surface area contributed by atoms with Crippen molar-refractivity contribution in [2.75, 3.05) is 18.8 Å². The number of benzene rings is 1. The number of carbonyl (C=O) groups is 2. The van der Waals surface area contributed by atoms with Crippen molar-refractivity contribution in [2.45, 2.75) is 10.9 Å². The fourth-order valence-electron chi connectivity index (χ4n) is 1.70. The highest BCUT2D eigenvalue weighted by Gasteiger charge is 2.30. The van der Waals surface area contributed by atoms with E-state index in [0.29, 0.717) is 13.1 Å². The molecule has 0 atom stereocenters. The zero-order valence-electron chi connectivity index (χ0n) is 10.1. The minimum atomic E-state index is -0.466. The molecule has 0 bridgehead atoms. The van der Waals surface area contributed by atoms with Gasteiger partial charge in [0.05, 0.1) is 11.8 Å². The number of nitrogens with two attached hydrogens (primary N) is 1. The van der Waals surface area contributed by atoms with Crippen LogP contribution in [-0.2, 0) is 4.79 Å². The minimum absolute atomic E-state index is 0.0196. The predicted molar refractivity (Wildman–Crippen MR) is 70.2 cm³/mol. The first-order chi connectivity index (χ1) is 9.04. The summed E-state index contributed by atoms with van der Waals surface area (Å²) in [5, 5.41) is 2.80. The van der Waals surface area contributed by atoms with Crippen molar-refractivity contribution < 1.29 is 14.0 Å². The van der Waals surface area contributed by atoms with E-state index in [1.54, 1.807) is 12.1 Å². The lowest BCUT2D eigenvalue weighted by atomic mass is 10.1. The summed E-state index contributed by atoms with van der Waals surface area (Å²) in [4.78, 5) is 24.7. The van der Waals surface area contributed by atoms with Gasteiger partial charge in [-0.05, 0) is 24.3 Å². The van der Waals surface area contributed by atoms with E-state index in [4.69, 9.17) is 5.73 Å². The molecule has 1 fully saturated rings. The van der Waals surface area contributed by atoms with Crippen molar-refractivity contribution in [3.8, 4) is 0 Å². The molecule has 1 aromatic rings. The van der Waals surface area contributed by atoms with Gasteiger partial charge in [0.1, 0.15) is 5.82 Å². The first kappa shape index (κ1) is 13.7. The van der Waals surface area contributed by atoms with E-state index in [9.17, 15) is 14.0 Å². The van der Waals surface area contributed by atoms with Crippen LogP contribution in [0.1, 0.15) is 0 Å². The van der Waals surface area contributed by atoms with Crippen LogP contribution in [0.4, 0.5) is 9.18 Å². The SMILES string of the molecule is NC(=O)N1CC(NC(=O)CSc2ccc(F)cc2)C1. The van der Waals surface area contributed by atoms with Gasteiger partial charge in [-0.1, -0.05) is 0 Å². The molecule has 1 aliphatic rings. The van der Waals surface area contributed by atoms with Gasteiger partial charge in [-0.25, -0.2) is 9.18 Å². The summed E-state index contributed by atoms with van der Waals surface area (Å²) in [5.41, 5.74) is 5.08. The number of likely N-dealkylation sites (tertiary alicyclic amines) is 1. The smallest absolute Gasteiger partial charge is 0.314 e. The Morgan fingerprint density at radius 3 is 2.58 bits per heavy atom. The number of halogens is 1. The van der Waals surface area contributed by atoms with E-state index >= 15 is 0 Å². The lowest BCUT2D eigenvalue weighted by Gasteiger charge is -2.38. The van der Waals surface area contributed by atoms with Crippen molar-refractivity contribution in [2.24, 2.45) is 5.73 Å². The van der Waals surface area contributed by atoms with Gasteiger partial charge >= 0.3 is 6.03 Å². The Morgan fingerprint density at radius 1 is 1.37 bits per heavy atom. The second kappa shape index (κ2) is 5.92. The van der Waals surface area contributed by atoms with E-state index in [2.05, 4.69) is 5.32 Å². The molecule has 102 valence electrons. The molecule has 3 amide bonds. The number of urea groups is 1. The highest BCUT2D eigenvalue weighted by atomic mass is 32.2. The Bertz CT molecular complexity index is 474. The molecule has 0 aromatic heterocycles. The number of carbonyl (C=O) groups excluding carboxylic acids is 2. The fraction of sp³-hybridized carbons (Fsp3) is 0.333. The van der Waals surface area contributed by atoms with E-state index in [1.807, 2.05) is 0 Å². The maximum Gasteiger partial charge on any atom is 0.314 e. The van der Waals surface area contributed by atoms with Crippen molar-refractivity contribution in [1.29, 1.82) is 0 Å². The van der Waals surface area contributed by atoms with Gasteiger partial charge < -0.3 is 16.0 Å². The van der Waals surface area contributed by atoms with Crippen LogP contribution in [-0.4, -0.2) is 41.7 Å². The van der Waals surface area contributed by atoms with Crippen molar-refractivity contribution in [1.82, 2.24) is 10.2 Å². The van der Waals surface area contributed by atoms with Gasteiger partial charge in [-0.3, -0.25) is 4.79 Å². The number of primary amides is 1. The van der Waals surface area contributed by atoms with Crippen molar-refractivity contribution in [3.63, 3.8) is 0 Å². The number of rotatable bonds is 4. The van der Waals surface area contributed by atoms with Gasteiger partial charge in [-0.15, -0.1) is 11.8 Å². The summed E-state index contributed by atoms with van der Waals surface area (Å²) in [6.45, 7) is 0.921. The maximum atomic E-state index is 12.7. The lowest BCUT2D eigenvalue weighted by Crippen LogP contribution is -2.62. The van der Waals surface area contributed by atoms with Gasteiger partial charge in [0, 0.05) is 18.0 Å². The predicted octanol–water partition coefficient (Wildman–Crippen LogP) is 0.797. The van der Waals surface area contributed by atoms with E-state index in [0.717, 1.165) is 4.90 Å². The monoisotopic (exact) mass is 283 g/mol. The molecule has 1 heterocycles. The molecule has 0 aliphatic carbocycles. The van der Waals surface area contributed by atoms with Crippen LogP contribution >= 0.6 is 11.8 Å². The second-order valence-electron chi connectivity index (χ2n) is 4.25. The highest BCUT2D eigenvalue weighted by molar-refractivity contribution is 8.00. The number of nitrogens with one attached hydrogen (secondary N) is 1. The number of hydrogen-bond acceptors (Lipinski definition) is 3. The van der Waals surface area contributed by atoms with E-state index < -0.39 is 6.03 Å². The third kappa shape index (κ3) is 3.85. The van der Waals surface area contributed by atoms with Crippen molar-refractivity contribution in [3.05, 3.63) is 30.1 Å². The van der Waals surface area contributed by atoms with E-state index in [-0.39, 0.29) is 23.5 Å². The largest absolute Gasteiger partial charge is 0.351 e. The second-order valence-corrected chi connectivity index (χ2v) is 5.30. The molecule has 0 unspecified atom stereocenters. The van der Waals surface area contributed by atoms with Crippen LogP contribution in [0.2, 0.25) is 0 Å². The number of amides is 3. The molecule has 1 aliphatic heterocycles. The average Bonchev–Trinajstić information content (AvgIpc) is 2.32. The number of thioether (sulfide) groups is 1. The molecular weight excluding hydrogens is 269 g/mol. The molecule has 0 spiro atoms. The van der Waals surface area contributed by atoms with Crippen LogP contribution < -0.4 is 11.1 Å². The molecule has 0 radical (unpaired) electrons. The van der Waals surface area contributed by atoms with Crippen LogP contribution in [0.3, 0.4) is 0 Å². The molecule has 19 heavy (non-hydrogen) atoms. The summed E-state index contributed by atoms with van der Waals surface area (Å²) in [6, 6.07) is 5.49. The van der Waals surface area contributed by atoms with Crippen LogP contribution in [0.15, 0.2) is 29.2 Å². The number of hydrogen-bond donors (Lipinski definition) is 2. The summed E-state index contributed by atoms with van der Waals surface area (Å²) in [5.74, 6) is -0.142. The lowest BCUT2D eigenvalue weighted by molar-refractivity contribution is -0.120. The van der Waals surface area contributed by atoms with Crippen LogP contribution in [0, 0.1) is 5.82 Å². The quantitative estimate of drug-likeness (QED) is 0.802. The average molecular weight is 283 g/mol. The molecule has 0 saturated carbocycles. The van der Waals surface area contributed by atoms with E-state index in [1.165, 1.54) is 28.8 Å². The molecule has 7 heteroatoms. The van der Waals surface area contributed by atoms with Gasteiger partial charge in [0.15, 0.2) is 0 Å². The Labute approximate surface area is 114 Å². The third-order valence-electron chi connectivity index (χ3n) is 2.74. The molecule has 2 rings (SSSR count). The molecular formula is C12H14FN3O2S. The first-order valence-electron chi connectivity index (χ1n) is 5.76. The Kier molecular flexibility index (Phi) is 4.26. The van der Waals surface area contributed by atoms with Crippen LogP contribution in [0.25, 0.3) is 0 Å². The van der Waals surface area contributed by atoms with Gasteiger partial charge in [0.25, 0.3) is 0 Å². The first-order valence-corrected chi connectivity index (χ1v) is 6.75. The summed E-state index contributed by atoms with van der Waals surface area (Å²) >= 11 is 1.34. The zero-order chi connectivity index (χ0) is 13.8. The summed E-state index contributed by atoms with van der Waals surface area (Å²) < 4.78 is 12.7. The fourth-order valence-corrected chi connectivity index (χ4v) is 2.41. The zero-order valence-corrected chi connectivity index (χ0v) is 11.0. The molecule has 3 N–H and O–H groups in total. The van der Waals surface area contributed by atoms with Gasteiger partial charge in [0.2, 0.25) is 5.91 Å². The Hall–Kier alpha value is -1.76. The maximum absolute atomic E-state index is 12.7. The minimum Gasteiger partial charge on any atom is -0.351 e. The highest BCUT2D eigenvalue weighted by Crippen LogP contribution is 2.18. The van der Waals surface area contributed by atoms with Gasteiger partial charge in [-0.2, -0.15) is 0 Å². The topological polar surface area (TPSA) is 75.4 Å². The molecule has 5 nitrogen and oxygen atoms in total. The Balaban J connectivity index is 1.68. The summed E-state index contributed by atoms with van der Waals surface area (Å²) in [6.07, 6.45) is 0. The molecule has 1 saturated heterocycles. The Morgan fingerprint density at radius 2 is 2.00 bits per heavy atom.